The van der Waals surface area contributed by atoms with Crippen LogP contribution in [0.25, 0.3) is 5.70 Å². The molecule has 1 aliphatic heterocycles. The average molecular weight is 216 g/mol. The van der Waals surface area contributed by atoms with Crippen LogP contribution in [0.5, 0.6) is 11.5 Å². The first kappa shape index (κ1) is 10.4. The minimum Gasteiger partial charge on any atom is -0.486 e. The molecule has 0 fully saturated rings. The lowest BCUT2D eigenvalue weighted by Crippen LogP contribution is -2.17. The molecule has 0 saturated heterocycles. The van der Waals surface area contributed by atoms with Gasteiger partial charge in [-0.15, -0.1) is 0 Å². The van der Waals surface area contributed by atoms with Crippen LogP contribution >= 0.6 is 0 Å². The fourth-order valence-electron chi connectivity index (χ4n) is 1.55. The molecule has 82 valence electrons. The zero-order valence-electron chi connectivity index (χ0n) is 8.99. The molecule has 0 amide bonds. The number of nitrogens with two attached hydrogens (primary N) is 1. The predicted molar refractivity (Wildman–Crippen MR) is 59.8 cm³/mol. The van der Waals surface area contributed by atoms with Gasteiger partial charge in [0.25, 0.3) is 0 Å². The first-order valence-electron chi connectivity index (χ1n) is 4.99. The summed E-state index contributed by atoms with van der Waals surface area (Å²) >= 11 is 0. The molecule has 1 aliphatic rings. The maximum Gasteiger partial charge on any atom is 0.170 e. The van der Waals surface area contributed by atoms with Crippen molar-refractivity contribution in [3.63, 3.8) is 0 Å². The first-order valence-corrected chi connectivity index (χ1v) is 4.99. The van der Waals surface area contributed by atoms with Crippen molar-refractivity contribution in [3.05, 3.63) is 29.3 Å². The van der Waals surface area contributed by atoms with Crippen molar-refractivity contribution in [2.24, 2.45) is 5.73 Å². The topological polar surface area (TPSA) is 68.3 Å². The van der Waals surface area contributed by atoms with Crippen molar-refractivity contribution >= 4 is 5.70 Å². The normalized spacial score (nSPS) is 15.0. The van der Waals surface area contributed by atoms with E-state index in [2.05, 4.69) is 0 Å². The molecule has 0 aromatic heterocycles. The Balaban J connectivity index is 2.55. The summed E-state index contributed by atoms with van der Waals surface area (Å²) < 4.78 is 11.0. The molecule has 0 aliphatic carbocycles. The highest BCUT2D eigenvalue weighted by Gasteiger charge is 2.17. The molecule has 0 spiro atoms. The Morgan fingerprint density at radius 3 is 2.88 bits per heavy atom. The highest BCUT2D eigenvalue weighted by atomic mass is 16.6. The van der Waals surface area contributed by atoms with Crippen molar-refractivity contribution in [3.8, 4) is 17.6 Å². The second-order valence-electron chi connectivity index (χ2n) is 3.48. The van der Waals surface area contributed by atoms with E-state index in [-0.39, 0.29) is 0 Å². The molecular formula is C12H12N2O2. The molecule has 1 heterocycles. The van der Waals surface area contributed by atoms with Gasteiger partial charge in [-0.2, -0.15) is 5.26 Å². The summed E-state index contributed by atoms with van der Waals surface area (Å²) in [5.41, 5.74) is 7.52. The summed E-state index contributed by atoms with van der Waals surface area (Å²) in [5, 5.41) is 8.81. The van der Waals surface area contributed by atoms with Gasteiger partial charge >= 0.3 is 0 Å². The number of benzene rings is 1. The van der Waals surface area contributed by atoms with Gasteiger partial charge in [0, 0.05) is 5.56 Å². The summed E-state index contributed by atoms with van der Waals surface area (Å²) in [7, 11) is 0. The van der Waals surface area contributed by atoms with Gasteiger partial charge in [-0.05, 0) is 19.1 Å². The zero-order chi connectivity index (χ0) is 11.5. The third-order valence-electron chi connectivity index (χ3n) is 2.43. The lowest BCUT2D eigenvalue weighted by atomic mass is 10.1. The van der Waals surface area contributed by atoms with E-state index in [1.54, 1.807) is 6.92 Å². The monoisotopic (exact) mass is 216 g/mol. The van der Waals surface area contributed by atoms with E-state index in [0.717, 1.165) is 5.56 Å². The molecule has 2 rings (SSSR count). The Morgan fingerprint density at radius 1 is 1.38 bits per heavy atom. The number of hydrogen-bond acceptors (Lipinski definition) is 4. The Kier molecular flexibility index (Phi) is 2.69. The lowest BCUT2D eigenvalue weighted by molar-refractivity contribution is 0.171. The summed E-state index contributed by atoms with van der Waals surface area (Å²) in [6, 6.07) is 7.51. The van der Waals surface area contributed by atoms with Crippen LogP contribution in [0.3, 0.4) is 0 Å². The number of rotatable bonds is 1. The molecule has 0 unspecified atom stereocenters. The van der Waals surface area contributed by atoms with E-state index in [1.165, 1.54) is 0 Å². The average Bonchev–Trinajstić information content (AvgIpc) is 2.36. The second kappa shape index (κ2) is 4.15. The summed E-state index contributed by atoms with van der Waals surface area (Å²) in [4.78, 5) is 0. The Bertz CT molecular complexity index is 486. The van der Waals surface area contributed by atoms with Crippen molar-refractivity contribution in [1.82, 2.24) is 0 Å². The van der Waals surface area contributed by atoms with Crippen molar-refractivity contribution in [1.29, 1.82) is 5.26 Å². The Hall–Kier alpha value is -2.15. The van der Waals surface area contributed by atoms with E-state index in [0.29, 0.717) is 36.0 Å². The SMILES string of the molecule is C/C(C#N)=C(/N)c1cccc2c1OCCO2. The fraction of sp³-hybridized carbons (Fsp3) is 0.250. The number of allylic oxidation sites excluding steroid dienone is 1. The van der Waals surface area contributed by atoms with Gasteiger partial charge in [0.05, 0.1) is 17.3 Å². The molecule has 1 aromatic carbocycles. The molecule has 2 N–H and O–H groups in total. The number of fused-ring (bicyclic) bond motifs is 1. The van der Waals surface area contributed by atoms with Crippen LogP contribution in [-0.2, 0) is 0 Å². The van der Waals surface area contributed by atoms with E-state index in [4.69, 9.17) is 20.5 Å². The Morgan fingerprint density at radius 2 is 2.12 bits per heavy atom. The molecule has 16 heavy (non-hydrogen) atoms. The molecule has 4 heteroatoms. The first-order chi connectivity index (χ1) is 7.74. The Labute approximate surface area is 93.9 Å². The molecule has 0 bridgehead atoms. The van der Waals surface area contributed by atoms with Gasteiger partial charge in [-0.25, -0.2) is 0 Å². The number of ether oxygens (including phenoxy) is 2. The van der Waals surface area contributed by atoms with Gasteiger partial charge in [0.15, 0.2) is 11.5 Å². The zero-order valence-corrected chi connectivity index (χ0v) is 8.99. The molecule has 1 aromatic rings. The number of hydrogen-bond donors (Lipinski definition) is 1. The van der Waals surface area contributed by atoms with Crippen LogP contribution in [0.2, 0.25) is 0 Å². The van der Waals surface area contributed by atoms with Crippen molar-refractivity contribution in [2.45, 2.75) is 6.92 Å². The standard InChI is InChI=1S/C12H12N2O2/c1-8(7-13)11(14)9-3-2-4-10-12(9)16-6-5-15-10/h2-4H,5-6,14H2,1H3/b11-8-. The minimum atomic E-state index is 0.435. The van der Waals surface area contributed by atoms with Crippen molar-refractivity contribution < 1.29 is 9.47 Å². The number of nitriles is 1. The van der Waals surface area contributed by atoms with Crippen molar-refractivity contribution in [2.75, 3.05) is 13.2 Å². The number of para-hydroxylation sites is 1. The molecule has 0 saturated carbocycles. The van der Waals surface area contributed by atoms with Gasteiger partial charge in [-0.1, -0.05) is 6.07 Å². The third-order valence-corrected chi connectivity index (χ3v) is 2.43. The smallest absolute Gasteiger partial charge is 0.170 e. The van der Waals surface area contributed by atoms with E-state index in [9.17, 15) is 0 Å². The van der Waals surface area contributed by atoms with Gasteiger partial charge in [-0.3, -0.25) is 0 Å². The van der Waals surface area contributed by atoms with Crippen LogP contribution in [0.1, 0.15) is 12.5 Å². The lowest BCUT2D eigenvalue weighted by Gasteiger charge is -2.21. The fourth-order valence-corrected chi connectivity index (χ4v) is 1.55. The maximum atomic E-state index is 8.81. The molecular weight excluding hydrogens is 204 g/mol. The van der Waals surface area contributed by atoms with Crippen LogP contribution in [0.15, 0.2) is 23.8 Å². The minimum absolute atomic E-state index is 0.435. The van der Waals surface area contributed by atoms with Gasteiger partial charge in [0.2, 0.25) is 0 Å². The van der Waals surface area contributed by atoms with E-state index >= 15 is 0 Å². The number of nitrogens with zero attached hydrogens (tertiary/aromatic N) is 1. The third kappa shape index (κ3) is 1.68. The highest BCUT2D eigenvalue weighted by Crippen LogP contribution is 2.36. The molecule has 4 nitrogen and oxygen atoms in total. The summed E-state index contributed by atoms with van der Waals surface area (Å²) in [6.45, 7) is 2.72. The molecule has 0 radical (unpaired) electrons. The highest BCUT2D eigenvalue weighted by molar-refractivity contribution is 5.75. The summed E-state index contributed by atoms with van der Waals surface area (Å²) in [5.74, 6) is 1.30. The van der Waals surface area contributed by atoms with Gasteiger partial charge in [0.1, 0.15) is 13.2 Å². The molecule has 0 atom stereocenters. The van der Waals surface area contributed by atoms with E-state index in [1.807, 2.05) is 24.3 Å². The van der Waals surface area contributed by atoms with Crippen LogP contribution in [-0.4, -0.2) is 13.2 Å². The maximum absolute atomic E-state index is 8.81. The van der Waals surface area contributed by atoms with E-state index < -0.39 is 0 Å². The van der Waals surface area contributed by atoms with Crippen LogP contribution in [0.4, 0.5) is 0 Å². The largest absolute Gasteiger partial charge is 0.486 e. The summed E-state index contributed by atoms with van der Waals surface area (Å²) in [6.07, 6.45) is 0. The predicted octanol–water partition coefficient (Wildman–Crippen LogP) is 1.67. The quantitative estimate of drug-likeness (QED) is 0.725. The van der Waals surface area contributed by atoms with Crippen LogP contribution in [0, 0.1) is 11.3 Å². The second-order valence-corrected chi connectivity index (χ2v) is 3.48. The van der Waals surface area contributed by atoms with Crippen LogP contribution < -0.4 is 15.2 Å². The van der Waals surface area contributed by atoms with Gasteiger partial charge < -0.3 is 15.2 Å².